The Hall–Kier alpha value is -3.35. The van der Waals surface area contributed by atoms with Gasteiger partial charge in [0.15, 0.2) is 0 Å². The van der Waals surface area contributed by atoms with Crippen molar-refractivity contribution in [1.29, 1.82) is 0 Å². The minimum Gasteiger partial charge on any atom is -0.352 e. The minimum atomic E-state index is -0.600. The molecule has 0 atom stereocenters. The maximum absolute atomic E-state index is 12.4. The number of hydrogen-bond donors (Lipinski definition) is 4. The summed E-state index contributed by atoms with van der Waals surface area (Å²) in [6.45, 7) is 0.301. The molecule has 0 spiro atoms. The van der Waals surface area contributed by atoms with Crippen molar-refractivity contribution in [3.63, 3.8) is 0 Å². The van der Waals surface area contributed by atoms with Crippen LogP contribution >= 0.6 is 0 Å². The predicted octanol–water partition coefficient (Wildman–Crippen LogP) is 2.00. The number of urea groups is 1. The maximum atomic E-state index is 12.4. The molecule has 1 saturated carbocycles. The Balaban J connectivity index is 1.62. The summed E-state index contributed by atoms with van der Waals surface area (Å²) in [5.41, 5.74) is 7.40. The molecule has 1 aliphatic carbocycles. The number of benzene rings is 2. The Morgan fingerprint density at radius 3 is 2.35 bits per heavy atom. The second-order valence-electron chi connectivity index (χ2n) is 6.20. The van der Waals surface area contributed by atoms with E-state index in [0.29, 0.717) is 23.4 Å². The molecule has 0 heterocycles. The van der Waals surface area contributed by atoms with Crippen LogP contribution in [0.5, 0.6) is 0 Å². The summed E-state index contributed by atoms with van der Waals surface area (Å²) in [6, 6.07) is 13.3. The van der Waals surface area contributed by atoms with E-state index >= 15 is 0 Å². The Morgan fingerprint density at radius 2 is 1.69 bits per heavy atom. The first-order chi connectivity index (χ1) is 12.5. The fourth-order valence-electron chi connectivity index (χ4n) is 2.40. The molecule has 3 rings (SSSR count). The minimum absolute atomic E-state index is 0.130. The van der Waals surface area contributed by atoms with E-state index in [-0.39, 0.29) is 17.9 Å². The number of primary amides is 1. The number of rotatable bonds is 6. The van der Waals surface area contributed by atoms with Gasteiger partial charge in [0.1, 0.15) is 0 Å². The van der Waals surface area contributed by atoms with Crippen LogP contribution in [-0.2, 0) is 6.54 Å². The number of nitrogens with one attached hydrogen (secondary N) is 3. The van der Waals surface area contributed by atoms with Crippen LogP contribution in [-0.4, -0.2) is 23.9 Å². The summed E-state index contributed by atoms with van der Waals surface area (Å²) in [7, 11) is 0. The number of nitrogens with two attached hydrogens (primary N) is 1. The summed E-state index contributed by atoms with van der Waals surface area (Å²) < 4.78 is 0. The molecule has 0 unspecified atom stereocenters. The molecule has 2 aromatic rings. The van der Waals surface area contributed by atoms with Crippen molar-refractivity contribution < 1.29 is 14.4 Å². The van der Waals surface area contributed by atoms with Crippen LogP contribution < -0.4 is 21.7 Å². The molecule has 1 aliphatic rings. The standard InChI is InChI=1S/C19H20N4O3/c20-19(26)21-11-12-4-6-13(7-5-12)17(24)23-16-3-1-2-14(10-16)18(25)22-15-8-9-15/h1-7,10,15H,8-9,11H2,(H,22,25)(H,23,24)(H3,20,21,26). The normalized spacial score (nSPS) is 12.9. The van der Waals surface area contributed by atoms with Gasteiger partial charge in [0.2, 0.25) is 0 Å². The molecular formula is C19H20N4O3. The van der Waals surface area contributed by atoms with E-state index in [4.69, 9.17) is 5.73 Å². The SMILES string of the molecule is NC(=O)NCc1ccc(C(=O)Nc2cccc(C(=O)NC3CC3)c2)cc1. The predicted molar refractivity (Wildman–Crippen MR) is 97.7 cm³/mol. The highest BCUT2D eigenvalue weighted by Gasteiger charge is 2.23. The molecule has 1 fully saturated rings. The van der Waals surface area contributed by atoms with Crippen LogP contribution in [0.15, 0.2) is 48.5 Å². The highest BCUT2D eigenvalue weighted by Crippen LogP contribution is 2.20. The van der Waals surface area contributed by atoms with Gasteiger partial charge in [0, 0.05) is 29.4 Å². The number of hydrogen-bond acceptors (Lipinski definition) is 3. The average molecular weight is 352 g/mol. The van der Waals surface area contributed by atoms with E-state index in [1.54, 1.807) is 48.5 Å². The molecule has 2 aromatic carbocycles. The van der Waals surface area contributed by atoms with E-state index in [2.05, 4.69) is 16.0 Å². The lowest BCUT2D eigenvalue weighted by atomic mass is 10.1. The zero-order chi connectivity index (χ0) is 18.5. The quantitative estimate of drug-likeness (QED) is 0.637. The van der Waals surface area contributed by atoms with Gasteiger partial charge in [-0.25, -0.2) is 4.79 Å². The van der Waals surface area contributed by atoms with Gasteiger partial charge in [-0.1, -0.05) is 18.2 Å². The molecule has 26 heavy (non-hydrogen) atoms. The van der Waals surface area contributed by atoms with Crippen LogP contribution in [0.4, 0.5) is 10.5 Å². The van der Waals surface area contributed by atoms with Crippen molar-refractivity contribution in [3.8, 4) is 0 Å². The first-order valence-electron chi connectivity index (χ1n) is 8.36. The van der Waals surface area contributed by atoms with Gasteiger partial charge >= 0.3 is 6.03 Å². The van der Waals surface area contributed by atoms with Crippen LogP contribution in [0.1, 0.15) is 39.1 Å². The van der Waals surface area contributed by atoms with Crippen molar-refractivity contribution in [3.05, 3.63) is 65.2 Å². The third-order valence-corrected chi connectivity index (χ3v) is 3.98. The Labute approximate surface area is 151 Å². The smallest absolute Gasteiger partial charge is 0.312 e. The molecule has 0 radical (unpaired) electrons. The van der Waals surface area contributed by atoms with Crippen molar-refractivity contribution in [2.24, 2.45) is 5.73 Å². The number of amides is 4. The lowest BCUT2D eigenvalue weighted by Crippen LogP contribution is -2.28. The second-order valence-corrected chi connectivity index (χ2v) is 6.20. The van der Waals surface area contributed by atoms with Gasteiger partial charge in [0.05, 0.1) is 0 Å². The van der Waals surface area contributed by atoms with Gasteiger partial charge in [-0.05, 0) is 48.7 Å². The Kier molecular flexibility index (Phi) is 5.17. The molecule has 5 N–H and O–H groups in total. The number of anilines is 1. The largest absolute Gasteiger partial charge is 0.352 e. The van der Waals surface area contributed by atoms with Crippen LogP contribution in [0.25, 0.3) is 0 Å². The van der Waals surface area contributed by atoms with Crippen molar-refractivity contribution in [1.82, 2.24) is 10.6 Å². The third-order valence-electron chi connectivity index (χ3n) is 3.98. The van der Waals surface area contributed by atoms with E-state index < -0.39 is 6.03 Å². The third kappa shape index (κ3) is 4.83. The topological polar surface area (TPSA) is 113 Å². The Bertz CT molecular complexity index is 829. The summed E-state index contributed by atoms with van der Waals surface area (Å²) in [5, 5.41) is 8.19. The molecule has 0 aliphatic heterocycles. The molecule has 4 amide bonds. The molecule has 7 nitrogen and oxygen atoms in total. The van der Waals surface area contributed by atoms with Gasteiger partial charge in [-0.15, -0.1) is 0 Å². The van der Waals surface area contributed by atoms with Crippen LogP contribution in [0, 0.1) is 0 Å². The van der Waals surface area contributed by atoms with Gasteiger partial charge < -0.3 is 21.7 Å². The summed E-state index contributed by atoms with van der Waals surface area (Å²) in [4.78, 5) is 35.2. The molecule has 0 bridgehead atoms. The zero-order valence-electron chi connectivity index (χ0n) is 14.1. The second kappa shape index (κ2) is 7.69. The van der Waals surface area contributed by atoms with E-state index in [9.17, 15) is 14.4 Å². The lowest BCUT2D eigenvalue weighted by Gasteiger charge is -2.09. The highest BCUT2D eigenvalue weighted by molar-refractivity contribution is 6.05. The molecule has 134 valence electrons. The number of carbonyl (C=O) groups excluding carboxylic acids is 3. The highest BCUT2D eigenvalue weighted by atomic mass is 16.2. The monoisotopic (exact) mass is 352 g/mol. The Morgan fingerprint density at radius 1 is 0.962 bits per heavy atom. The fourth-order valence-corrected chi connectivity index (χ4v) is 2.40. The van der Waals surface area contributed by atoms with E-state index in [1.165, 1.54) is 0 Å². The first kappa shape index (κ1) is 17.5. The molecule has 0 aromatic heterocycles. The first-order valence-corrected chi connectivity index (χ1v) is 8.36. The number of carbonyl (C=O) groups is 3. The lowest BCUT2D eigenvalue weighted by molar-refractivity contribution is 0.0949. The van der Waals surface area contributed by atoms with Crippen molar-refractivity contribution >= 4 is 23.5 Å². The van der Waals surface area contributed by atoms with E-state index in [1.807, 2.05) is 0 Å². The molecular weight excluding hydrogens is 332 g/mol. The summed E-state index contributed by atoms with van der Waals surface area (Å²) >= 11 is 0. The molecule has 7 heteroatoms. The zero-order valence-corrected chi connectivity index (χ0v) is 14.1. The van der Waals surface area contributed by atoms with Crippen LogP contribution in [0.2, 0.25) is 0 Å². The molecule has 0 saturated heterocycles. The van der Waals surface area contributed by atoms with Crippen LogP contribution in [0.3, 0.4) is 0 Å². The van der Waals surface area contributed by atoms with Crippen molar-refractivity contribution in [2.45, 2.75) is 25.4 Å². The average Bonchev–Trinajstić information content (AvgIpc) is 3.44. The van der Waals surface area contributed by atoms with Crippen molar-refractivity contribution in [2.75, 3.05) is 5.32 Å². The summed E-state index contributed by atoms with van der Waals surface area (Å²) in [5.74, 6) is -0.408. The fraction of sp³-hybridized carbons (Fsp3) is 0.211. The maximum Gasteiger partial charge on any atom is 0.312 e. The van der Waals surface area contributed by atoms with Gasteiger partial charge in [-0.2, -0.15) is 0 Å². The van der Waals surface area contributed by atoms with Gasteiger partial charge in [0.25, 0.3) is 11.8 Å². The van der Waals surface area contributed by atoms with Gasteiger partial charge in [-0.3, -0.25) is 9.59 Å². The summed E-state index contributed by atoms with van der Waals surface area (Å²) in [6.07, 6.45) is 2.04. The van der Waals surface area contributed by atoms with E-state index in [0.717, 1.165) is 18.4 Å².